The van der Waals surface area contributed by atoms with Crippen LogP contribution in [0.3, 0.4) is 0 Å². The van der Waals surface area contributed by atoms with E-state index in [1.54, 1.807) is 12.1 Å². The van der Waals surface area contributed by atoms with E-state index in [2.05, 4.69) is 10.2 Å². The predicted molar refractivity (Wildman–Crippen MR) is 71.8 cm³/mol. The zero-order chi connectivity index (χ0) is 13.2. The molecule has 0 spiro atoms. The topological polar surface area (TPSA) is 52.7 Å². The average Bonchev–Trinajstić information content (AvgIpc) is 2.76. The second-order valence-corrected chi connectivity index (χ2v) is 4.91. The van der Waals surface area contributed by atoms with E-state index in [9.17, 15) is 9.59 Å². The molecule has 1 N–H and O–H groups in total. The van der Waals surface area contributed by atoms with Gasteiger partial charge in [0.05, 0.1) is 18.2 Å². The van der Waals surface area contributed by atoms with Crippen LogP contribution in [0.4, 0.5) is 5.69 Å². The number of para-hydroxylation sites is 1. The second kappa shape index (κ2) is 5.11. The number of hydrogen-bond acceptors (Lipinski definition) is 4. The Labute approximate surface area is 112 Å². The van der Waals surface area contributed by atoms with Crippen molar-refractivity contribution in [2.75, 3.05) is 31.1 Å². The fraction of sp³-hybridized carbons (Fsp3) is 0.429. The first kappa shape index (κ1) is 12.3. The molecular formula is C14H17N3O2. The Kier molecular flexibility index (Phi) is 3.31. The molecule has 100 valence electrons. The summed E-state index contributed by atoms with van der Waals surface area (Å²) in [5.41, 5.74) is 0.676. The van der Waals surface area contributed by atoms with Crippen molar-refractivity contribution in [1.82, 2.24) is 10.2 Å². The smallest absolute Gasteiger partial charge is 0.251 e. The lowest BCUT2D eigenvalue weighted by Gasteiger charge is -2.31. The molecule has 0 aromatic heterocycles. The summed E-state index contributed by atoms with van der Waals surface area (Å²) in [5, 5.41) is 3.26. The van der Waals surface area contributed by atoms with Gasteiger partial charge in [0.1, 0.15) is 0 Å². The van der Waals surface area contributed by atoms with Crippen LogP contribution >= 0.6 is 0 Å². The first-order valence-corrected chi connectivity index (χ1v) is 6.64. The number of hydrogen-bond donors (Lipinski definition) is 1. The highest BCUT2D eigenvalue weighted by molar-refractivity contribution is 6.22. The molecule has 1 aromatic carbocycles. The largest absolute Gasteiger partial charge is 0.314 e. The third-order valence-electron chi connectivity index (χ3n) is 3.73. The van der Waals surface area contributed by atoms with Gasteiger partial charge in [0.25, 0.3) is 5.91 Å². The number of nitrogens with one attached hydrogen (secondary N) is 1. The molecule has 3 rings (SSSR count). The number of amides is 2. The molecule has 0 saturated carbocycles. The van der Waals surface area contributed by atoms with Crippen molar-refractivity contribution in [2.45, 2.75) is 12.5 Å². The predicted octanol–water partition coefficient (Wildman–Crippen LogP) is 0.224. The highest BCUT2D eigenvalue weighted by atomic mass is 16.2. The standard InChI is InChI=1S/C14H17N3O2/c18-13-10-12(16-8-6-15-7-9-16)14(19)17(13)11-4-2-1-3-5-11/h1-5,12,15H,6-10H2/t12-/m1/s1. The summed E-state index contributed by atoms with van der Waals surface area (Å²) in [4.78, 5) is 28.0. The Morgan fingerprint density at radius 2 is 1.74 bits per heavy atom. The molecule has 2 aliphatic rings. The molecule has 5 heteroatoms. The lowest BCUT2D eigenvalue weighted by atomic mass is 10.2. The van der Waals surface area contributed by atoms with Crippen molar-refractivity contribution in [2.24, 2.45) is 0 Å². The van der Waals surface area contributed by atoms with Crippen LogP contribution in [0.1, 0.15) is 6.42 Å². The van der Waals surface area contributed by atoms with Gasteiger partial charge in [-0.05, 0) is 12.1 Å². The fourth-order valence-corrected chi connectivity index (χ4v) is 2.74. The van der Waals surface area contributed by atoms with Crippen molar-refractivity contribution in [3.63, 3.8) is 0 Å². The van der Waals surface area contributed by atoms with E-state index in [1.165, 1.54) is 4.90 Å². The summed E-state index contributed by atoms with van der Waals surface area (Å²) < 4.78 is 0. The molecule has 5 nitrogen and oxygen atoms in total. The Bertz CT molecular complexity index is 483. The van der Waals surface area contributed by atoms with Gasteiger partial charge in [-0.2, -0.15) is 0 Å². The van der Waals surface area contributed by atoms with Crippen LogP contribution in [0, 0.1) is 0 Å². The summed E-state index contributed by atoms with van der Waals surface area (Å²) >= 11 is 0. The van der Waals surface area contributed by atoms with Crippen LogP contribution in [0.5, 0.6) is 0 Å². The van der Waals surface area contributed by atoms with E-state index < -0.39 is 0 Å². The number of anilines is 1. The zero-order valence-electron chi connectivity index (χ0n) is 10.7. The molecule has 1 aromatic rings. The molecule has 0 radical (unpaired) electrons. The first-order valence-electron chi connectivity index (χ1n) is 6.64. The first-order chi connectivity index (χ1) is 9.27. The average molecular weight is 259 g/mol. The summed E-state index contributed by atoms with van der Waals surface area (Å²) in [6.45, 7) is 3.41. The minimum absolute atomic E-state index is 0.0851. The van der Waals surface area contributed by atoms with Gasteiger partial charge >= 0.3 is 0 Å². The summed E-state index contributed by atoms with van der Waals surface area (Å²) in [5.74, 6) is -0.183. The van der Waals surface area contributed by atoms with Gasteiger partial charge in [0, 0.05) is 26.2 Å². The summed E-state index contributed by atoms with van der Waals surface area (Å²) in [7, 11) is 0. The van der Waals surface area contributed by atoms with Crippen LogP contribution in [-0.4, -0.2) is 48.9 Å². The monoisotopic (exact) mass is 259 g/mol. The Hall–Kier alpha value is -1.72. The lowest BCUT2D eigenvalue weighted by Crippen LogP contribution is -2.51. The molecule has 0 unspecified atom stereocenters. The maximum absolute atomic E-state index is 12.5. The van der Waals surface area contributed by atoms with E-state index in [-0.39, 0.29) is 17.9 Å². The minimum atomic E-state index is -0.283. The van der Waals surface area contributed by atoms with Crippen molar-refractivity contribution < 1.29 is 9.59 Å². The maximum atomic E-state index is 12.5. The van der Waals surface area contributed by atoms with Gasteiger partial charge in [-0.1, -0.05) is 18.2 Å². The number of piperazine rings is 1. The van der Waals surface area contributed by atoms with Gasteiger partial charge in [-0.15, -0.1) is 0 Å². The zero-order valence-corrected chi connectivity index (χ0v) is 10.7. The molecule has 2 amide bonds. The van der Waals surface area contributed by atoms with Crippen LogP contribution in [0.15, 0.2) is 30.3 Å². The quantitative estimate of drug-likeness (QED) is 0.772. The Balaban J connectivity index is 1.81. The van der Waals surface area contributed by atoms with Crippen LogP contribution in [0.25, 0.3) is 0 Å². The molecule has 2 fully saturated rings. The van der Waals surface area contributed by atoms with Gasteiger partial charge < -0.3 is 5.32 Å². The summed E-state index contributed by atoms with van der Waals surface area (Å²) in [6.07, 6.45) is 0.299. The number of carbonyl (C=O) groups excluding carboxylic acids is 2. The van der Waals surface area contributed by atoms with Crippen molar-refractivity contribution >= 4 is 17.5 Å². The number of rotatable bonds is 2. The molecule has 2 aliphatic heterocycles. The van der Waals surface area contributed by atoms with Gasteiger partial charge in [0.2, 0.25) is 5.91 Å². The van der Waals surface area contributed by atoms with E-state index in [0.29, 0.717) is 12.1 Å². The molecular weight excluding hydrogens is 242 g/mol. The van der Waals surface area contributed by atoms with Crippen molar-refractivity contribution in [3.8, 4) is 0 Å². The summed E-state index contributed by atoms with van der Waals surface area (Å²) in [6, 6.07) is 8.88. The lowest BCUT2D eigenvalue weighted by molar-refractivity contribution is -0.123. The molecule has 0 bridgehead atoms. The highest BCUT2D eigenvalue weighted by Crippen LogP contribution is 2.25. The molecule has 0 aliphatic carbocycles. The van der Waals surface area contributed by atoms with E-state index >= 15 is 0 Å². The highest BCUT2D eigenvalue weighted by Gasteiger charge is 2.42. The molecule has 19 heavy (non-hydrogen) atoms. The number of imide groups is 1. The van der Waals surface area contributed by atoms with Crippen molar-refractivity contribution in [1.29, 1.82) is 0 Å². The van der Waals surface area contributed by atoms with Gasteiger partial charge in [0.15, 0.2) is 0 Å². The number of benzene rings is 1. The third kappa shape index (κ3) is 2.27. The fourth-order valence-electron chi connectivity index (χ4n) is 2.74. The second-order valence-electron chi connectivity index (χ2n) is 4.91. The van der Waals surface area contributed by atoms with Gasteiger partial charge in [-0.3, -0.25) is 14.5 Å². The van der Waals surface area contributed by atoms with Crippen molar-refractivity contribution in [3.05, 3.63) is 30.3 Å². The normalized spacial score (nSPS) is 25.1. The molecule has 1 atom stereocenters. The van der Waals surface area contributed by atoms with Crippen LogP contribution in [0.2, 0.25) is 0 Å². The maximum Gasteiger partial charge on any atom is 0.251 e. The van der Waals surface area contributed by atoms with E-state index in [4.69, 9.17) is 0 Å². The van der Waals surface area contributed by atoms with Gasteiger partial charge in [-0.25, -0.2) is 4.90 Å². The minimum Gasteiger partial charge on any atom is -0.314 e. The number of nitrogens with zero attached hydrogens (tertiary/aromatic N) is 2. The Morgan fingerprint density at radius 3 is 2.42 bits per heavy atom. The Morgan fingerprint density at radius 1 is 1.05 bits per heavy atom. The third-order valence-corrected chi connectivity index (χ3v) is 3.73. The van der Waals surface area contributed by atoms with E-state index in [0.717, 1.165) is 26.2 Å². The SMILES string of the molecule is O=C1C[C@@H](N2CCNCC2)C(=O)N1c1ccccc1. The van der Waals surface area contributed by atoms with Crippen LogP contribution in [-0.2, 0) is 9.59 Å². The van der Waals surface area contributed by atoms with E-state index in [1.807, 2.05) is 18.2 Å². The number of carbonyl (C=O) groups is 2. The molecule has 2 heterocycles. The van der Waals surface area contributed by atoms with Crippen LogP contribution < -0.4 is 10.2 Å². The molecule has 2 saturated heterocycles.